The van der Waals surface area contributed by atoms with Crippen LogP contribution >= 0.6 is 22.7 Å². The van der Waals surface area contributed by atoms with Crippen molar-refractivity contribution in [1.29, 1.82) is 0 Å². The average molecular weight is 302 g/mol. The molecule has 6 heteroatoms. The van der Waals surface area contributed by atoms with Gasteiger partial charge in [-0.25, -0.2) is 4.98 Å². The van der Waals surface area contributed by atoms with Gasteiger partial charge in [-0.15, -0.1) is 22.7 Å². The molecule has 1 aromatic carbocycles. The third-order valence-corrected chi connectivity index (χ3v) is 4.85. The Kier molecular flexibility index (Phi) is 3.33. The number of aromatic nitrogens is 1. The largest absolute Gasteiger partial charge is 0.270 e. The van der Waals surface area contributed by atoms with Crippen molar-refractivity contribution in [2.24, 2.45) is 0 Å². The topological polar surface area (TPSA) is 56.0 Å². The lowest BCUT2D eigenvalue weighted by Gasteiger charge is -1.88. The van der Waals surface area contributed by atoms with Gasteiger partial charge in [-0.1, -0.05) is 0 Å². The van der Waals surface area contributed by atoms with E-state index in [2.05, 4.69) is 23.4 Å². The summed E-state index contributed by atoms with van der Waals surface area (Å²) in [4.78, 5) is 16.0. The van der Waals surface area contributed by atoms with Crippen LogP contribution in [0.4, 0.5) is 5.69 Å². The maximum atomic E-state index is 10.7. The second kappa shape index (κ2) is 5.15. The van der Waals surface area contributed by atoms with Crippen LogP contribution in [0.5, 0.6) is 0 Å². The standard InChI is InChI=1S/C14H10N2O2S2/c1-9-6-7-19-12(9)4-5-14-15-11-3-2-10(16(17)18)8-13(11)20-14/h2-8H,1H3. The highest BCUT2D eigenvalue weighted by molar-refractivity contribution is 7.19. The Balaban J connectivity index is 1.95. The molecule has 0 saturated heterocycles. The molecule has 4 nitrogen and oxygen atoms in total. The van der Waals surface area contributed by atoms with Crippen molar-refractivity contribution >= 4 is 50.7 Å². The first kappa shape index (κ1) is 13.0. The lowest BCUT2D eigenvalue weighted by atomic mass is 10.3. The van der Waals surface area contributed by atoms with Gasteiger partial charge < -0.3 is 0 Å². The molecule has 0 N–H and O–H groups in total. The lowest BCUT2D eigenvalue weighted by Crippen LogP contribution is -1.85. The Morgan fingerprint density at radius 1 is 1.30 bits per heavy atom. The third-order valence-electron chi connectivity index (χ3n) is 2.88. The van der Waals surface area contributed by atoms with Crippen LogP contribution in [0.3, 0.4) is 0 Å². The summed E-state index contributed by atoms with van der Waals surface area (Å²) in [5, 5.41) is 13.7. The van der Waals surface area contributed by atoms with Crippen molar-refractivity contribution in [3.8, 4) is 0 Å². The molecular formula is C14H10N2O2S2. The molecule has 3 aromatic rings. The first-order chi connectivity index (χ1) is 9.63. The van der Waals surface area contributed by atoms with E-state index in [1.165, 1.54) is 27.8 Å². The van der Waals surface area contributed by atoms with Crippen LogP contribution in [0.1, 0.15) is 15.4 Å². The zero-order valence-electron chi connectivity index (χ0n) is 10.6. The summed E-state index contributed by atoms with van der Waals surface area (Å²) in [6.45, 7) is 2.07. The van der Waals surface area contributed by atoms with E-state index in [4.69, 9.17) is 0 Å². The van der Waals surface area contributed by atoms with Gasteiger partial charge in [0.1, 0.15) is 5.01 Å². The summed E-state index contributed by atoms with van der Waals surface area (Å²) in [5.41, 5.74) is 2.14. The minimum Gasteiger partial charge on any atom is -0.258 e. The molecule has 0 unspecified atom stereocenters. The summed E-state index contributed by atoms with van der Waals surface area (Å²) >= 11 is 3.14. The van der Waals surface area contributed by atoms with Crippen molar-refractivity contribution in [3.63, 3.8) is 0 Å². The van der Waals surface area contributed by atoms with E-state index in [0.717, 1.165) is 15.2 Å². The van der Waals surface area contributed by atoms with Gasteiger partial charge in [0.15, 0.2) is 0 Å². The smallest absolute Gasteiger partial charge is 0.258 e. The molecule has 0 saturated carbocycles. The number of nitro benzene ring substituents is 1. The number of hydrogen-bond acceptors (Lipinski definition) is 5. The number of rotatable bonds is 3. The van der Waals surface area contributed by atoms with Crippen LogP contribution in [-0.4, -0.2) is 9.91 Å². The van der Waals surface area contributed by atoms with Crippen LogP contribution in [-0.2, 0) is 0 Å². The molecule has 0 bridgehead atoms. The predicted molar refractivity (Wildman–Crippen MR) is 84.3 cm³/mol. The summed E-state index contributed by atoms with van der Waals surface area (Å²) in [7, 11) is 0. The number of thiophene rings is 1. The number of thiazole rings is 1. The molecule has 0 aliphatic rings. The number of nitrogens with zero attached hydrogens (tertiary/aromatic N) is 2. The van der Waals surface area contributed by atoms with Crippen LogP contribution in [0, 0.1) is 17.0 Å². The highest BCUT2D eigenvalue weighted by atomic mass is 32.1. The Labute approximate surface area is 123 Å². The minimum absolute atomic E-state index is 0.103. The van der Waals surface area contributed by atoms with Crippen LogP contribution in [0.15, 0.2) is 29.6 Å². The Morgan fingerprint density at radius 3 is 2.85 bits per heavy atom. The van der Waals surface area contributed by atoms with Gasteiger partial charge in [-0.05, 0) is 42.2 Å². The molecule has 0 amide bonds. The summed E-state index contributed by atoms with van der Waals surface area (Å²) in [5.74, 6) is 0. The van der Waals surface area contributed by atoms with Crippen molar-refractivity contribution in [3.05, 3.63) is 55.2 Å². The maximum Gasteiger partial charge on any atom is 0.270 e. The van der Waals surface area contributed by atoms with Crippen molar-refractivity contribution in [1.82, 2.24) is 4.98 Å². The highest BCUT2D eigenvalue weighted by Gasteiger charge is 2.09. The molecule has 0 radical (unpaired) electrons. The van der Waals surface area contributed by atoms with Crippen molar-refractivity contribution in [2.45, 2.75) is 6.92 Å². The van der Waals surface area contributed by atoms with E-state index in [-0.39, 0.29) is 10.6 Å². The Hall–Kier alpha value is -2.05. The maximum absolute atomic E-state index is 10.7. The normalized spacial score (nSPS) is 11.4. The van der Waals surface area contributed by atoms with Crippen LogP contribution in [0.2, 0.25) is 0 Å². The van der Waals surface area contributed by atoms with Crippen molar-refractivity contribution in [2.75, 3.05) is 0 Å². The van der Waals surface area contributed by atoms with Gasteiger partial charge in [0.25, 0.3) is 5.69 Å². The number of aryl methyl sites for hydroxylation is 1. The van der Waals surface area contributed by atoms with E-state index >= 15 is 0 Å². The first-order valence-corrected chi connectivity index (χ1v) is 7.60. The van der Waals surface area contributed by atoms with Crippen LogP contribution in [0.25, 0.3) is 22.4 Å². The zero-order valence-corrected chi connectivity index (χ0v) is 12.2. The summed E-state index contributed by atoms with van der Waals surface area (Å²) in [6.07, 6.45) is 3.99. The Morgan fingerprint density at radius 2 is 2.15 bits per heavy atom. The van der Waals surface area contributed by atoms with Gasteiger partial charge in [-0.2, -0.15) is 0 Å². The minimum atomic E-state index is -0.385. The molecule has 0 aliphatic carbocycles. The van der Waals surface area contributed by atoms with E-state index < -0.39 is 0 Å². The Bertz CT molecular complexity index is 818. The lowest BCUT2D eigenvalue weighted by molar-refractivity contribution is -0.384. The third kappa shape index (κ3) is 2.48. The predicted octanol–water partition coefficient (Wildman–Crippen LogP) is 4.74. The fraction of sp³-hybridized carbons (Fsp3) is 0.0714. The number of benzene rings is 1. The van der Waals surface area contributed by atoms with Gasteiger partial charge in [-0.3, -0.25) is 10.1 Å². The van der Waals surface area contributed by atoms with Gasteiger partial charge in [0.2, 0.25) is 0 Å². The molecule has 0 spiro atoms. The zero-order chi connectivity index (χ0) is 14.1. The number of non-ortho nitro benzene ring substituents is 1. The molecule has 100 valence electrons. The average Bonchev–Trinajstić information content (AvgIpc) is 3.00. The fourth-order valence-electron chi connectivity index (χ4n) is 1.82. The van der Waals surface area contributed by atoms with E-state index in [1.54, 1.807) is 23.5 Å². The second-order valence-corrected chi connectivity index (χ2v) is 6.27. The summed E-state index contributed by atoms with van der Waals surface area (Å²) < 4.78 is 0.835. The monoisotopic (exact) mass is 302 g/mol. The molecule has 2 heterocycles. The quantitative estimate of drug-likeness (QED) is 0.518. The number of hydrogen-bond donors (Lipinski definition) is 0. The molecule has 20 heavy (non-hydrogen) atoms. The van der Waals surface area contributed by atoms with E-state index in [1.807, 2.05) is 12.2 Å². The molecule has 0 atom stereocenters. The number of nitro groups is 1. The summed E-state index contributed by atoms with van der Waals surface area (Å²) in [6, 6.07) is 6.82. The van der Waals surface area contributed by atoms with Gasteiger partial charge >= 0.3 is 0 Å². The first-order valence-electron chi connectivity index (χ1n) is 5.90. The van der Waals surface area contributed by atoms with Crippen molar-refractivity contribution < 1.29 is 4.92 Å². The molecule has 0 aliphatic heterocycles. The molecule has 3 rings (SSSR count). The molecular weight excluding hydrogens is 292 g/mol. The fourth-order valence-corrected chi connectivity index (χ4v) is 3.54. The highest BCUT2D eigenvalue weighted by Crippen LogP contribution is 2.28. The number of fused-ring (bicyclic) bond motifs is 1. The SMILES string of the molecule is Cc1ccsc1C=Cc1nc2ccc([N+](=O)[O-])cc2s1. The molecule has 0 fully saturated rings. The van der Waals surface area contributed by atoms with Gasteiger partial charge in [0.05, 0.1) is 15.1 Å². The van der Waals surface area contributed by atoms with E-state index in [9.17, 15) is 10.1 Å². The van der Waals surface area contributed by atoms with Crippen LogP contribution < -0.4 is 0 Å². The van der Waals surface area contributed by atoms with Gasteiger partial charge in [0, 0.05) is 17.0 Å². The van der Waals surface area contributed by atoms with E-state index in [0.29, 0.717) is 0 Å². The second-order valence-electron chi connectivity index (χ2n) is 4.26. The molecule has 2 aromatic heterocycles.